The molecule has 0 radical (unpaired) electrons. The Morgan fingerprint density at radius 3 is 2.33 bits per heavy atom. The van der Waals surface area contributed by atoms with Gasteiger partial charge in [-0.05, 0) is 18.2 Å². The van der Waals surface area contributed by atoms with E-state index in [0.717, 1.165) is 5.56 Å². The lowest BCUT2D eigenvalue weighted by Gasteiger charge is -2.18. The first-order valence-electron chi connectivity index (χ1n) is 5.63. The SMILES string of the molecule is NC1C(=O)N(c2ccccc2F)c2ccccc21. The van der Waals surface area contributed by atoms with Gasteiger partial charge < -0.3 is 5.73 Å². The van der Waals surface area contributed by atoms with Crippen LogP contribution in [0.5, 0.6) is 0 Å². The molecule has 0 saturated heterocycles. The van der Waals surface area contributed by atoms with Gasteiger partial charge in [0.05, 0.1) is 11.4 Å². The largest absolute Gasteiger partial charge is 0.316 e. The molecular weight excluding hydrogens is 231 g/mol. The predicted molar refractivity (Wildman–Crippen MR) is 66.9 cm³/mol. The van der Waals surface area contributed by atoms with E-state index < -0.39 is 11.9 Å². The van der Waals surface area contributed by atoms with Crippen LogP contribution in [0.25, 0.3) is 0 Å². The van der Waals surface area contributed by atoms with Gasteiger partial charge in [0.15, 0.2) is 0 Å². The highest BCUT2D eigenvalue weighted by atomic mass is 19.1. The molecule has 4 heteroatoms. The van der Waals surface area contributed by atoms with Gasteiger partial charge in [0.1, 0.15) is 11.9 Å². The molecule has 2 aromatic carbocycles. The summed E-state index contributed by atoms with van der Waals surface area (Å²) < 4.78 is 13.8. The van der Waals surface area contributed by atoms with E-state index in [4.69, 9.17) is 5.73 Å². The molecule has 18 heavy (non-hydrogen) atoms. The fourth-order valence-electron chi connectivity index (χ4n) is 2.23. The zero-order valence-electron chi connectivity index (χ0n) is 9.51. The summed E-state index contributed by atoms with van der Waals surface area (Å²) in [7, 11) is 0. The third-order valence-corrected chi connectivity index (χ3v) is 3.09. The van der Waals surface area contributed by atoms with Gasteiger partial charge in [0.25, 0.3) is 5.91 Å². The number of carbonyl (C=O) groups is 1. The van der Waals surface area contributed by atoms with E-state index in [0.29, 0.717) is 5.69 Å². The number of nitrogens with two attached hydrogens (primary N) is 1. The number of carbonyl (C=O) groups excluding carboxylic acids is 1. The van der Waals surface area contributed by atoms with Gasteiger partial charge in [-0.2, -0.15) is 0 Å². The summed E-state index contributed by atoms with van der Waals surface area (Å²) in [5.41, 5.74) is 7.47. The van der Waals surface area contributed by atoms with Crippen LogP contribution >= 0.6 is 0 Å². The minimum Gasteiger partial charge on any atom is -0.316 e. The normalized spacial score (nSPS) is 18.0. The molecular formula is C14H11FN2O. The van der Waals surface area contributed by atoms with Crippen LogP contribution in [-0.4, -0.2) is 5.91 Å². The number of rotatable bonds is 1. The molecule has 0 bridgehead atoms. The second-order valence-corrected chi connectivity index (χ2v) is 4.16. The molecule has 3 rings (SSSR count). The summed E-state index contributed by atoms with van der Waals surface area (Å²) in [4.78, 5) is 13.5. The van der Waals surface area contributed by atoms with Crippen molar-refractivity contribution >= 4 is 17.3 Å². The summed E-state index contributed by atoms with van der Waals surface area (Å²) in [6.45, 7) is 0. The zero-order chi connectivity index (χ0) is 12.7. The van der Waals surface area contributed by atoms with Gasteiger partial charge in [-0.15, -0.1) is 0 Å². The van der Waals surface area contributed by atoms with Crippen molar-refractivity contribution in [3.05, 3.63) is 59.9 Å². The minimum absolute atomic E-state index is 0.239. The number of hydrogen-bond acceptors (Lipinski definition) is 2. The molecule has 90 valence electrons. The van der Waals surface area contributed by atoms with E-state index in [1.807, 2.05) is 6.07 Å². The van der Waals surface area contributed by atoms with Crippen molar-refractivity contribution in [3.8, 4) is 0 Å². The fourth-order valence-corrected chi connectivity index (χ4v) is 2.23. The second-order valence-electron chi connectivity index (χ2n) is 4.16. The molecule has 1 unspecified atom stereocenters. The van der Waals surface area contributed by atoms with Crippen molar-refractivity contribution in [2.75, 3.05) is 4.90 Å². The number of fused-ring (bicyclic) bond motifs is 1. The maximum absolute atomic E-state index is 13.8. The monoisotopic (exact) mass is 242 g/mol. The second kappa shape index (κ2) is 3.92. The van der Waals surface area contributed by atoms with Gasteiger partial charge in [0.2, 0.25) is 0 Å². The van der Waals surface area contributed by atoms with Crippen molar-refractivity contribution in [1.82, 2.24) is 0 Å². The minimum atomic E-state index is -0.721. The number of para-hydroxylation sites is 2. The van der Waals surface area contributed by atoms with Gasteiger partial charge >= 0.3 is 0 Å². The Hall–Kier alpha value is -2.20. The molecule has 1 aliphatic heterocycles. The third-order valence-electron chi connectivity index (χ3n) is 3.09. The lowest BCUT2D eigenvalue weighted by atomic mass is 10.1. The highest BCUT2D eigenvalue weighted by molar-refractivity contribution is 6.09. The number of halogens is 1. The average molecular weight is 242 g/mol. The fraction of sp³-hybridized carbons (Fsp3) is 0.0714. The highest BCUT2D eigenvalue weighted by Gasteiger charge is 2.36. The smallest absolute Gasteiger partial charge is 0.253 e. The van der Waals surface area contributed by atoms with Gasteiger partial charge in [0, 0.05) is 5.56 Å². The van der Waals surface area contributed by atoms with Crippen LogP contribution in [0.4, 0.5) is 15.8 Å². The molecule has 0 aromatic heterocycles. The summed E-state index contributed by atoms with van der Waals surface area (Å²) in [5, 5.41) is 0. The van der Waals surface area contributed by atoms with Crippen LogP contribution in [0.2, 0.25) is 0 Å². The number of nitrogens with zero attached hydrogens (tertiary/aromatic N) is 1. The molecule has 0 saturated carbocycles. The lowest BCUT2D eigenvalue weighted by Crippen LogP contribution is -2.28. The van der Waals surface area contributed by atoms with E-state index in [2.05, 4.69) is 0 Å². The van der Waals surface area contributed by atoms with Gasteiger partial charge in [-0.25, -0.2) is 4.39 Å². The topological polar surface area (TPSA) is 46.3 Å². The van der Waals surface area contributed by atoms with Crippen molar-refractivity contribution in [2.24, 2.45) is 5.73 Å². The van der Waals surface area contributed by atoms with Gasteiger partial charge in [-0.3, -0.25) is 9.69 Å². The Kier molecular flexibility index (Phi) is 2.38. The van der Waals surface area contributed by atoms with E-state index >= 15 is 0 Å². The zero-order valence-corrected chi connectivity index (χ0v) is 9.51. The Bertz CT molecular complexity index is 627. The maximum atomic E-state index is 13.8. The molecule has 3 nitrogen and oxygen atoms in total. The Morgan fingerprint density at radius 1 is 1.00 bits per heavy atom. The number of anilines is 2. The van der Waals surface area contributed by atoms with Crippen LogP contribution in [0.3, 0.4) is 0 Å². The Labute approximate surface area is 104 Å². The average Bonchev–Trinajstić information content (AvgIpc) is 2.64. The van der Waals surface area contributed by atoms with E-state index in [9.17, 15) is 9.18 Å². The molecule has 1 heterocycles. The van der Waals surface area contributed by atoms with Crippen molar-refractivity contribution < 1.29 is 9.18 Å². The molecule has 1 aliphatic rings. The van der Waals surface area contributed by atoms with E-state index in [1.165, 1.54) is 11.0 Å². The number of hydrogen-bond donors (Lipinski definition) is 1. The summed E-state index contributed by atoms with van der Waals surface area (Å²) >= 11 is 0. The van der Waals surface area contributed by atoms with Crippen molar-refractivity contribution in [2.45, 2.75) is 6.04 Å². The quantitative estimate of drug-likeness (QED) is 0.835. The van der Waals surface area contributed by atoms with Crippen LogP contribution in [0, 0.1) is 5.82 Å². The first kappa shape index (κ1) is 10.9. The summed E-state index contributed by atoms with van der Waals surface area (Å²) in [5.74, 6) is -0.740. The molecule has 1 amide bonds. The molecule has 0 fully saturated rings. The summed E-state index contributed by atoms with van der Waals surface area (Å²) in [6.07, 6.45) is 0. The molecule has 0 aliphatic carbocycles. The van der Waals surface area contributed by atoms with Crippen molar-refractivity contribution in [1.29, 1.82) is 0 Å². The van der Waals surface area contributed by atoms with Gasteiger partial charge in [-0.1, -0.05) is 30.3 Å². The van der Waals surface area contributed by atoms with Crippen molar-refractivity contribution in [3.63, 3.8) is 0 Å². The highest BCUT2D eigenvalue weighted by Crippen LogP contribution is 2.40. The van der Waals surface area contributed by atoms with E-state index in [1.54, 1.807) is 36.4 Å². The first-order chi connectivity index (χ1) is 8.70. The Morgan fingerprint density at radius 2 is 1.61 bits per heavy atom. The van der Waals surface area contributed by atoms with Crippen LogP contribution < -0.4 is 10.6 Å². The van der Waals surface area contributed by atoms with E-state index in [-0.39, 0.29) is 11.6 Å². The first-order valence-corrected chi connectivity index (χ1v) is 5.63. The number of benzene rings is 2. The standard InChI is InChI=1S/C14H11FN2O/c15-10-6-2-4-8-12(10)17-11-7-3-1-5-9(11)13(16)14(17)18/h1-8,13H,16H2. The predicted octanol–water partition coefficient (Wildman–Crippen LogP) is 2.50. The summed E-state index contributed by atoms with van der Waals surface area (Å²) in [6, 6.07) is 12.6. The lowest BCUT2D eigenvalue weighted by molar-refractivity contribution is -0.118. The molecule has 2 N–H and O–H groups in total. The Balaban J connectivity index is 2.20. The molecule has 2 aromatic rings. The molecule has 1 atom stereocenters. The molecule has 0 spiro atoms. The number of amides is 1. The van der Waals surface area contributed by atoms with Crippen LogP contribution in [0.15, 0.2) is 48.5 Å². The van der Waals surface area contributed by atoms with Crippen LogP contribution in [-0.2, 0) is 4.79 Å². The van der Waals surface area contributed by atoms with Crippen LogP contribution in [0.1, 0.15) is 11.6 Å². The maximum Gasteiger partial charge on any atom is 0.253 e. The third kappa shape index (κ3) is 1.43.